The van der Waals surface area contributed by atoms with Crippen molar-refractivity contribution < 1.29 is 27.9 Å². The molecule has 5 N–H and O–H groups in total. The molecule has 4 rings (SSSR count). The van der Waals surface area contributed by atoms with E-state index in [0.29, 0.717) is 59.7 Å². The monoisotopic (exact) mass is 589 g/mol. The fourth-order valence-corrected chi connectivity index (χ4v) is 5.41. The zero-order valence-electron chi connectivity index (χ0n) is 22.1. The average Bonchev–Trinajstić information content (AvgIpc) is 3.27. The quantitative estimate of drug-likeness (QED) is 0.253. The van der Waals surface area contributed by atoms with E-state index in [1.165, 1.54) is 12.1 Å². The smallest absolute Gasteiger partial charge is 0.350 e. The van der Waals surface area contributed by atoms with Crippen molar-refractivity contribution in [1.82, 2.24) is 19.9 Å². The van der Waals surface area contributed by atoms with Gasteiger partial charge in [0.05, 0.1) is 35.4 Å². The number of carbonyl (C=O) groups excluding carboxylic acids is 2. The molecule has 0 radical (unpaired) electrons. The summed E-state index contributed by atoms with van der Waals surface area (Å²) in [6.45, 7) is 4.93. The third-order valence-corrected chi connectivity index (χ3v) is 8.11. The average molecular weight is 590 g/mol. The molecule has 0 atom stereocenters. The number of hydrogen-bond acceptors (Lipinski definition) is 12. The molecule has 1 aliphatic rings. The standard InChI is InChI=1S/C25H31N7O6S2/c1-3-38-23(35)22-15(2)28-25(39-22)31-24-29-17(13-21(34)32-10-8-18(33)9-11-32)12-20(30-24)27-14-16-4-6-19(7-5-16)40(26,36)37/h4-7,12,18,33H,3,8-11,13-14H2,1-2H3,(H2,26,36,37)(H2,27,28,29,30,31). The molecule has 2 aromatic heterocycles. The molecule has 40 heavy (non-hydrogen) atoms. The van der Waals surface area contributed by atoms with Gasteiger partial charge in [-0.05, 0) is 44.4 Å². The van der Waals surface area contributed by atoms with Crippen LogP contribution in [0.4, 0.5) is 16.9 Å². The number of thiazole rings is 1. The minimum absolute atomic E-state index is 0.0109. The second-order valence-electron chi connectivity index (χ2n) is 9.18. The van der Waals surface area contributed by atoms with Crippen molar-refractivity contribution in [1.29, 1.82) is 0 Å². The Hall–Kier alpha value is -3.66. The number of aryl methyl sites for hydroxylation is 1. The van der Waals surface area contributed by atoms with Crippen LogP contribution in [0, 0.1) is 6.92 Å². The number of aliphatic hydroxyl groups is 1. The molecule has 0 unspecified atom stereocenters. The number of carbonyl (C=O) groups is 2. The van der Waals surface area contributed by atoms with E-state index in [2.05, 4.69) is 25.6 Å². The summed E-state index contributed by atoms with van der Waals surface area (Å²) in [7, 11) is -3.79. The third kappa shape index (κ3) is 7.71. The van der Waals surface area contributed by atoms with E-state index >= 15 is 0 Å². The van der Waals surface area contributed by atoms with Gasteiger partial charge in [0.1, 0.15) is 10.7 Å². The van der Waals surface area contributed by atoms with Gasteiger partial charge < -0.3 is 20.1 Å². The number of esters is 1. The number of anilines is 3. The molecule has 0 bridgehead atoms. The van der Waals surface area contributed by atoms with Crippen LogP contribution in [0.25, 0.3) is 0 Å². The molecule has 15 heteroatoms. The van der Waals surface area contributed by atoms with Gasteiger partial charge in [0.15, 0.2) is 5.13 Å². The number of amides is 1. The van der Waals surface area contributed by atoms with Crippen molar-refractivity contribution in [3.63, 3.8) is 0 Å². The molecule has 3 aromatic rings. The number of nitrogens with zero attached hydrogens (tertiary/aromatic N) is 4. The van der Waals surface area contributed by atoms with Crippen molar-refractivity contribution in [3.05, 3.63) is 52.2 Å². The number of nitrogens with one attached hydrogen (secondary N) is 2. The highest BCUT2D eigenvalue weighted by atomic mass is 32.2. The molecule has 1 aliphatic heterocycles. The summed E-state index contributed by atoms with van der Waals surface area (Å²) < 4.78 is 28.1. The zero-order chi connectivity index (χ0) is 28.9. The topological polar surface area (TPSA) is 190 Å². The molecule has 1 amide bonds. The number of aromatic nitrogens is 3. The number of piperidine rings is 1. The molecule has 214 valence electrons. The Morgan fingerprint density at radius 2 is 1.88 bits per heavy atom. The van der Waals surface area contributed by atoms with Crippen LogP contribution in [0.1, 0.15) is 46.4 Å². The summed E-state index contributed by atoms with van der Waals surface area (Å²) in [4.78, 5) is 40.6. The van der Waals surface area contributed by atoms with Gasteiger partial charge in [-0.3, -0.25) is 10.1 Å². The highest BCUT2D eigenvalue weighted by Crippen LogP contribution is 2.26. The first-order valence-corrected chi connectivity index (χ1v) is 15.0. The lowest BCUT2D eigenvalue weighted by Gasteiger charge is -2.29. The number of sulfonamides is 1. The Bertz CT molecular complexity index is 1470. The number of aliphatic hydroxyl groups excluding tert-OH is 1. The Morgan fingerprint density at radius 3 is 2.52 bits per heavy atom. The van der Waals surface area contributed by atoms with Crippen molar-refractivity contribution in [3.8, 4) is 0 Å². The first-order valence-electron chi connectivity index (χ1n) is 12.6. The van der Waals surface area contributed by atoms with Crippen LogP contribution in [-0.2, 0) is 32.5 Å². The second-order valence-corrected chi connectivity index (χ2v) is 11.7. The highest BCUT2D eigenvalue weighted by molar-refractivity contribution is 7.89. The normalized spacial score (nSPS) is 14.2. The molecule has 0 spiro atoms. The number of ether oxygens (including phenoxy) is 1. The number of hydrogen-bond donors (Lipinski definition) is 4. The molecule has 0 aliphatic carbocycles. The zero-order valence-corrected chi connectivity index (χ0v) is 23.7. The van der Waals surface area contributed by atoms with Crippen molar-refractivity contribution >= 4 is 50.1 Å². The lowest BCUT2D eigenvalue weighted by atomic mass is 10.1. The van der Waals surface area contributed by atoms with Crippen LogP contribution in [0.3, 0.4) is 0 Å². The van der Waals surface area contributed by atoms with Gasteiger partial charge >= 0.3 is 5.97 Å². The fraction of sp³-hybridized carbons (Fsp3) is 0.400. The van der Waals surface area contributed by atoms with E-state index in [1.54, 1.807) is 36.9 Å². The van der Waals surface area contributed by atoms with Gasteiger partial charge in [0, 0.05) is 25.7 Å². The van der Waals surface area contributed by atoms with Crippen LogP contribution in [0.5, 0.6) is 0 Å². The number of rotatable bonds is 10. The predicted octanol–water partition coefficient (Wildman–Crippen LogP) is 1.95. The van der Waals surface area contributed by atoms with Crippen LogP contribution >= 0.6 is 11.3 Å². The molecule has 13 nitrogen and oxygen atoms in total. The number of benzene rings is 1. The molecule has 3 heterocycles. The van der Waals surface area contributed by atoms with Gasteiger partial charge in [-0.25, -0.2) is 28.3 Å². The van der Waals surface area contributed by atoms with Gasteiger partial charge in [-0.15, -0.1) is 0 Å². The molecular weight excluding hydrogens is 558 g/mol. The molecule has 0 saturated carbocycles. The Morgan fingerprint density at radius 1 is 1.18 bits per heavy atom. The second kappa shape index (κ2) is 12.7. The summed E-state index contributed by atoms with van der Waals surface area (Å²) in [6.07, 6.45) is 0.697. The summed E-state index contributed by atoms with van der Waals surface area (Å²) >= 11 is 1.11. The molecular formula is C25H31N7O6S2. The summed E-state index contributed by atoms with van der Waals surface area (Å²) in [5.41, 5.74) is 1.74. The first kappa shape index (κ1) is 29.3. The molecule has 1 fully saturated rings. The third-order valence-electron chi connectivity index (χ3n) is 6.13. The maximum atomic E-state index is 13.0. The Balaban J connectivity index is 1.55. The van der Waals surface area contributed by atoms with E-state index in [9.17, 15) is 23.1 Å². The van der Waals surface area contributed by atoms with Gasteiger partial charge in [0.2, 0.25) is 21.9 Å². The van der Waals surface area contributed by atoms with E-state index in [4.69, 9.17) is 9.88 Å². The van der Waals surface area contributed by atoms with Crippen LogP contribution in [0.2, 0.25) is 0 Å². The van der Waals surface area contributed by atoms with E-state index in [1.807, 2.05) is 0 Å². The summed E-state index contributed by atoms with van der Waals surface area (Å²) in [5, 5.41) is 21.5. The lowest BCUT2D eigenvalue weighted by Crippen LogP contribution is -2.40. The lowest BCUT2D eigenvalue weighted by molar-refractivity contribution is -0.132. The summed E-state index contributed by atoms with van der Waals surface area (Å²) in [5.74, 6) is 0.0171. The van der Waals surface area contributed by atoms with Crippen LogP contribution < -0.4 is 15.8 Å². The van der Waals surface area contributed by atoms with E-state index in [0.717, 1.165) is 16.9 Å². The largest absolute Gasteiger partial charge is 0.462 e. The number of nitrogens with two attached hydrogens (primary N) is 1. The van der Waals surface area contributed by atoms with Gasteiger partial charge in [0.25, 0.3) is 0 Å². The maximum Gasteiger partial charge on any atom is 0.350 e. The highest BCUT2D eigenvalue weighted by Gasteiger charge is 2.23. The number of primary sulfonamides is 1. The summed E-state index contributed by atoms with van der Waals surface area (Å²) in [6, 6.07) is 7.78. The maximum absolute atomic E-state index is 13.0. The minimum Gasteiger partial charge on any atom is -0.462 e. The van der Waals surface area contributed by atoms with Gasteiger partial charge in [-0.2, -0.15) is 4.98 Å². The number of likely N-dealkylation sites (tertiary alicyclic amines) is 1. The van der Waals surface area contributed by atoms with Crippen molar-refractivity contribution in [2.45, 2.75) is 50.7 Å². The SMILES string of the molecule is CCOC(=O)c1sc(Nc2nc(CC(=O)N3CCC(O)CC3)cc(NCc3ccc(S(N)(=O)=O)cc3)n2)nc1C. The predicted molar refractivity (Wildman–Crippen MR) is 149 cm³/mol. The van der Waals surface area contributed by atoms with Crippen molar-refractivity contribution in [2.24, 2.45) is 5.14 Å². The van der Waals surface area contributed by atoms with Crippen LogP contribution in [-0.4, -0.2) is 71.1 Å². The Kier molecular flexibility index (Phi) is 9.29. The fourth-order valence-electron chi connectivity index (χ4n) is 4.04. The van der Waals surface area contributed by atoms with Crippen LogP contribution in [0.15, 0.2) is 35.2 Å². The van der Waals surface area contributed by atoms with Crippen molar-refractivity contribution in [2.75, 3.05) is 30.3 Å². The molecule has 1 saturated heterocycles. The Labute approximate surface area is 235 Å². The first-order chi connectivity index (χ1) is 19.0. The molecule has 1 aromatic carbocycles. The van der Waals surface area contributed by atoms with E-state index < -0.39 is 22.1 Å². The van der Waals surface area contributed by atoms with E-state index in [-0.39, 0.29) is 29.8 Å². The minimum atomic E-state index is -3.79. The van der Waals surface area contributed by atoms with Gasteiger partial charge in [-0.1, -0.05) is 23.5 Å².